The van der Waals surface area contributed by atoms with Gasteiger partial charge in [0.25, 0.3) is 5.91 Å². The van der Waals surface area contributed by atoms with Gasteiger partial charge in [-0.1, -0.05) is 18.2 Å². The Labute approximate surface area is 158 Å². The maximum absolute atomic E-state index is 12.9. The molecule has 0 bridgehead atoms. The van der Waals surface area contributed by atoms with Crippen molar-refractivity contribution in [3.8, 4) is 11.5 Å². The lowest BCUT2D eigenvalue weighted by molar-refractivity contribution is -0.156. The van der Waals surface area contributed by atoms with Gasteiger partial charge < -0.3 is 18.9 Å². The highest BCUT2D eigenvalue weighted by Crippen LogP contribution is 2.38. The molecular formula is C21H23NO5. The molecule has 1 unspecified atom stereocenters. The molecule has 2 fully saturated rings. The molecule has 2 saturated heterocycles. The Balaban J connectivity index is 1.60. The Morgan fingerprint density at radius 1 is 1.04 bits per heavy atom. The maximum Gasteiger partial charge on any atom is 0.270 e. The zero-order chi connectivity index (χ0) is 19.0. The fourth-order valence-electron chi connectivity index (χ4n) is 3.54. The van der Waals surface area contributed by atoms with Gasteiger partial charge in [-0.25, -0.2) is 0 Å². The minimum Gasteiger partial charge on any atom is -0.497 e. The van der Waals surface area contributed by atoms with Crippen molar-refractivity contribution in [3.63, 3.8) is 0 Å². The predicted molar refractivity (Wildman–Crippen MR) is 100 cm³/mol. The van der Waals surface area contributed by atoms with E-state index in [1.54, 1.807) is 12.0 Å². The van der Waals surface area contributed by atoms with Gasteiger partial charge >= 0.3 is 0 Å². The van der Waals surface area contributed by atoms with Crippen LogP contribution in [0.2, 0.25) is 0 Å². The average Bonchev–Trinajstić information content (AvgIpc) is 3.04. The number of hydrogen-bond donors (Lipinski definition) is 0. The number of amides is 1. The Kier molecular flexibility index (Phi) is 4.53. The van der Waals surface area contributed by atoms with Gasteiger partial charge in [0.05, 0.1) is 13.7 Å². The fourth-order valence-corrected chi connectivity index (χ4v) is 3.54. The molecule has 3 atom stereocenters. The van der Waals surface area contributed by atoms with E-state index in [2.05, 4.69) is 0 Å². The van der Waals surface area contributed by atoms with E-state index in [-0.39, 0.29) is 18.1 Å². The largest absolute Gasteiger partial charge is 0.497 e. The van der Waals surface area contributed by atoms with E-state index >= 15 is 0 Å². The van der Waals surface area contributed by atoms with Crippen LogP contribution in [0.25, 0.3) is 0 Å². The van der Waals surface area contributed by atoms with Gasteiger partial charge in [-0.2, -0.15) is 0 Å². The first-order valence-corrected chi connectivity index (χ1v) is 8.99. The van der Waals surface area contributed by atoms with E-state index < -0.39 is 11.9 Å². The second kappa shape index (κ2) is 6.87. The van der Waals surface area contributed by atoms with Crippen LogP contribution in [0.4, 0.5) is 5.69 Å². The van der Waals surface area contributed by atoms with Gasteiger partial charge in [-0.05, 0) is 50.2 Å². The third-order valence-corrected chi connectivity index (χ3v) is 4.86. The van der Waals surface area contributed by atoms with Gasteiger partial charge in [0, 0.05) is 5.69 Å². The molecule has 2 aromatic carbocycles. The number of carbonyl (C=O) groups excluding carboxylic acids is 1. The van der Waals surface area contributed by atoms with E-state index in [9.17, 15) is 4.79 Å². The summed E-state index contributed by atoms with van der Waals surface area (Å²) in [5.74, 6) is 0.629. The molecule has 2 aliphatic rings. The molecule has 0 radical (unpaired) electrons. The van der Waals surface area contributed by atoms with Crippen molar-refractivity contribution in [3.05, 3.63) is 54.6 Å². The number of nitrogens with zero attached hydrogens (tertiary/aromatic N) is 1. The molecule has 0 aliphatic carbocycles. The summed E-state index contributed by atoms with van der Waals surface area (Å²) in [5, 5.41) is 0. The van der Waals surface area contributed by atoms with Crippen molar-refractivity contribution >= 4 is 11.6 Å². The summed E-state index contributed by atoms with van der Waals surface area (Å²) in [5.41, 5.74) is 0.784. The molecule has 2 heterocycles. The molecule has 6 heteroatoms. The van der Waals surface area contributed by atoms with Crippen molar-refractivity contribution in [1.82, 2.24) is 0 Å². The van der Waals surface area contributed by atoms with Crippen molar-refractivity contribution in [2.24, 2.45) is 0 Å². The smallest absolute Gasteiger partial charge is 0.270 e. The molecule has 27 heavy (non-hydrogen) atoms. The highest BCUT2D eigenvalue weighted by atomic mass is 16.7. The Morgan fingerprint density at radius 3 is 2.33 bits per heavy atom. The fraction of sp³-hybridized carbons (Fsp3) is 0.381. The molecule has 2 aliphatic heterocycles. The third kappa shape index (κ3) is 3.38. The van der Waals surface area contributed by atoms with Crippen LogP contribution in [-0.2, 0) is 14.3 Å². The van der Waals surface area contributed by atoms with Crippen LogP contribution in [0.15, 0.2) is 54.6 Å². The zero-order valence-electron chi connectivity index (χ0n) is 15.6. The summed E-state index contributed by atoms with van der Waals surface area (Å²) in [6.45, 7) is 4.16. The van der Waals surface area contributed by atoms with E-state index in [1.165, 1.54) is 0 Å². The van der Waals surface area contributed by atoms with Crippen LogP contribution in [0, 0.1) is 0 Å². The Morgan fingerprint density at radius 2 is 1.74 bits per heavy atom. The minimum absolute atomic E-state index is 0.0951. The van der Waals surface area contributed by atoms with Crippen molar-refractivity contribution in [2.45, 2.75) is 37.9 Å². The van der Waals surface area contributed by atoms with Crippen molar-refractivity contribution < 1.29 is 23.7 Å². The van der Waals surface area contributed by atoms with Gasteiger partial charge in [-0.3, -0.25) is 9.69 Å². The first-order chi connectivity index (χ1) is 13.0. The number of methoxy groups -OCH3 is 1. The number of benzene rings is 2. The standard InChI is InChI=1S/C21H23NO5/c1-21(2)25-13-17(27-21)18-19(26-16-7-5-4-6-8-16)20(23)22(18)14-9-11-15(24-3)12-10-14/h4-12,17-19H,13H2,1-3H3/t17?,18-,19+/m0/s1. The normalized spacial score (nSPS) is 26.6. The van der Waals surface area contributed by atoms with Crippen molar-refractivity contribution in [2.75, 3.05) is 18.6 Å². The number of para-hydroxylation sites is 1. The summed E-state index contributed by atoms with van der Waals surface area (Å²) < 4.78 is 23.0. The average molecular weight is 369 g/mol. The predicted octanol–water partition coefficient (Wildman–Crippen LogP) is 3.01. The monoisotopic (exact) mass is 369 g/mol. The highest BCUT2D eigenvalue weighted by Gasteiger charge is 2.57. The summed E-state index contributed by atoms with van der Waals surface area (Å²) >= 11 is 0. The second-order valence-electron chi connectivity index (χ2n) is 7.12. The number of hydrogen-bond acceptors (Lipinski definition) is 5. The van der Waals surface area contributed by atoms with Crippen LogP contribution < -0.4 is 14.4 Å². The topological polar surface area (TPSA) is 57.2 Å². The minimum atomic E-state index is -0.674. The first-order valence-electron chi connectivity index (χ1n) is 8.99. The third-order valence-electron chi connectivity index (χ3n) is 4.86. The molecule has 0 saturated carbocycles. The van der Waals surface area contributed by atoms with Crippen LogP contribution >= 0.6 is 0 Å². The summed E-state index contributed by atoms with van der Waals surface area (Å²) in [6, 6.07) is 16.5. The van der Waals surface area contributed by atoms with Crippen LogP contribution in [0.1, 0.15) is 13.8 Å². The summed E-state index contributed by atoms with van der Waals surface area (Å²) in [4.78, 5) is 14.6. The number of anilines is 1. The highest BCUT2D eigenvalue weighted by molar-refractivity contribution is 6.05. The van der Waals surface area contributed by atoms with E-state index in [4.69, 9.17) is 18.9 Å². The number of ether oxygens (including phenoxy) is 4. The van der Waals surface area contributed by atoms with Crippen molar-refractivity contribution in [1.29, 1.82) is 0 Å². The number of rotatable bonds is 5. The molecule has 4 rings (SSSR count). The zero-order valence-corrected chi connectivity index (χ0v) is 15.6. The van der Waals surface area contributed by atoms with Gasteiger partial charge in [0.1, 0.15) is 23.6 Å². The molecule has 1 amide bonds. The molecular weight excluding hydrogens is 346 g/mol. The lowest BCUT2D eigenvalue weighted by Gasteiger charge is -2.48. The van der Waals surface area contributed by atoms with E-state index in [0.29, 0.717) is 12.4 Å². The van der Waals surface area contributed by atoms with E-state index in [0.717, 1.165) is 11.4 Å². The summed E-state index contributed by atoms with van der Waals surface area (Å²) in [6.07, 6.45) is -0.884. The molecule has 2 aromatic rings. The quantitative estimate of drug-likeness (QED) is 0.759. The second-order valence-corrected chi connectivity index (χ2v) is 7.12. The van der Waals surface area contributed by atoms with Crippen LogP contribution in [0.3, 0.4) is 0 Å². The van der Waals surface area contributed by atoms with Gasteiger partial charge in [0.2, 0.25) is 6.10 Å². The lowest BCUT2D eigenvalue weighted by Crippen LogP contribution is -2.72. The summed E-state index contributed by atoms with van der Waals surface area (Å²) in [7, 11) is 1.61. The van der Waals surface area contributed by atoms with Crippen LogP contribution in [-0.4, -0.2) is 43.7 Å². The molecule has 6 nitrogen and oxygen atoms in total. The molecule has 0 aromatic heterocycles. The molecule has 0 N–H and O–H groups in total. The Hall–Kier alpha value is -2.57. The number of carbonyl (C=O) groups is 1. The molecule has 0 spiro atoms. The van der Waals surface area contributed by atoms with Gasteiger partial charge in [-0.15, -0.1) is 0 Å². The molecule has 142 valence electrons. The maximum atomic E-state index is 12.9. The van der Waals surface area contributed by atoms with Crippen LogP contribution in [0.5, 0.6) is 11.5 Å². The SMILES string of the molecule is COc1ccc(N2C(=O)[C@H](Oc3ccccc3)[C@@H]2C2COC(C)(C)O2)cc1. The lowest BCUT2D eigenvalue weighted by atomic mass is 9.91. The Bertz CT molecular complexity index is 805. The van der Waals surface area contributed by atoms with E-state index in [1.807, 2.05) is 68.4 Å². The first kappa shape index (κ1) is 17.8. The van der Waals surface area contributed by atoms with Gasteiger partial charge in [0.15, 0.2) is 5.79 Å². The number of β-lactam (4-membered cyclic amide) rings is 1.